The first-order valence-electron chi connectivity index (χ1n) is 6.84. The van der Waals surface area contributed by atoms with Crippen molar-refractivity contribution in [3.8, 4) is 0 Å². The lowest BCUT2D eigenvalue weighted by Crippen LogP contribution is -2.50. The van der Waals surface area contributed by atoms with E-state index in [1.165, 1.54) is 0 Å². The molecule has 18 heavy (non-hydrogen) atoms. The van der Waals surface area contributed by atoms with Crippen molar-refractivity contribution >= 4 is 6.09 Å². The number of ether oxygens (including phenoxy) is 1. The van der Waals surface area contributed by atoms with Gasteiger partial charge in [0.05, 0.1) is 0 Å². The summed E-state index contributed by atoms with van der Waals surface area (Å²) in [6.45, 7) is 9.31. The predicted molar refractivity (Wildman–Crippen MR) is 70.4 cm³/mol. The van der Waals surface area contributed by atoms with E-state index in [9.17, 15) is 4.79 Å². The minimum absolute atomic E-state index is 0.159. The van der Waals surface area contributed by atoms with Gasteiger partial charge in [0.1, 0.15) is 5.60 Å². The zero-order valence-corrected chi connectivity index (χ0v) is 11.7. The van der Waals surface area contributed by atoms with Crippen LogP contribution in [0.1, 0.15) is 33.6 Å². The largest absolute Gasteiger partial charge is 0.444 e. The van der Waals surface area contributed by atoms with Gasteiger partial charge >= 0.3 is 6.09 Å². The third-order valence-electron chi connectivity index (χ3n) is 3.63. The monoisotopic (exact) mass is 255 g/mol. The second kappa shape index (κ2) is 5.05. The molecule has 5 nitrogen and oxygen atoms in total. The molecule has 0 radical (unpaired) electrons. The van der Waals surface area contributed by atoms with E-state index in [-0.39, 0.29) is 6.09 Å². The quantitative estimate of drug-likeness (QED) is 0.818. The molecular formula is C13H25N3O2. The maximum atomic E-state index is 12.0. The van der Waals surface area contributed by atoms with E-state index >= 15 is 0 Å². The lowest BCUT2D eigenvalue weighted by Gasteiger charge is -2.35. The van der Waals surface area contributed by atoms with Gasteiger partial charge in [-0.05, 0) is 46.7 Å². The Labute approximate surface area is 109 Å². The number of piperazine rings is 1. The molecule has 0 aromatic rings. The molecule has 2 saturated heterocycles. The van der Waals surface area contributed by atoms with Crippen LogP contribution in [0.3, 0.4) is 0 Å². The van der Waals surface area contributed by atoms with Crippen LogP contribution in [-0.4, -0.2) is 59.8 Å². The van der Waals surface area contributed by atoms with Crippen molar-refractivity contribution < 1.29 is 9.53 Å². The number of hydrogen-bond donors (Lipinski definition) is 1. The highest BCUT2D eigenvalue weighted by molar-refractivity contribution is 5.69. The van der Waals surface area contributed by atoms with E-state index in [1.54, 1.807) is 0 Å². The molecule has 2 heterocycles. The summed E-state index contributed by atoms with van der Waals surface area (Å²) in [5.74, 6) is 0. The van der Waals surface area contributed by atoms with Crippen LogP contribution in [0.4, 0.5) is 4.79 Å². The van der Waals surface area contributed by atoms with Crippen LogP contribution in [-0.2, 0) is 4.74 Å². The summed E-state index contributed by atoms with van der Waals surface area (Å²) in [6, 6.07) is 0.844. The molecule has 104 valence electrons. The smallest absolute Gasteiger partial charge is 0.410 e. The summed E-state index contributed by atoms with van der Waals surface area (Å²) in [5.41, 5.74) is 5.13. The molecule has 0 aromatic carbocycles. The standard InChI is InChI=1S/C13H25N3O2/c1-13(2,3)18-12(17)16-9-10-7-11(16)8-15(10)6-4-5-14/h10-11H,4-9,14H2,1-3H3. The lowest BCUT2D eigenvalue weighted by molar-refractivity contribution is 0.0129. The molecular weight excluding hydrogens is 230 g/mol. The Kier molecular flexibility index (Phi) is 3.82. The molecule has 0 aromatic heterocycles. The van der Waals surface area contributed by atoms with Crippen molar-refractivity contribution in [1.82, 2.24) is 9.80 Å². The molecule has 5 heteroatoms. The number of carbonyl (C=O) groups is 1. The average molecular weight is 255 g/mol. The third kappa shape index (κ3) is 2.95. The van der Waals surface area contributed by atoms with Gasteiger partial charge in [-0.25, -0.2) is 4.79 Å². The molecule has 2 unspecified atom stereocenters. The van der Waals surface area contributed by atoms with Crippen LogP contribution in [0.2, 0.25) is 0 Å². The van der Waals surface area contributed by atoms with Crippen LogP contribution in [0.25, 0.3) is 0 Å². The van der Waals surface area contributed by atoms with Crippen molar-refractivity contribution in [2.75, 3.05) is 26.2 Å². The Bertz CT molecular complexity index is 314. The number of nitrogens with zero attached hydrogens (tertiary/aromatic N) is 2. The molecule has 2 aliphatic rings. The fourth-order valence-corrected chi connectivity index (χ4v) is 2.86. The van der Waals surface area contributed by atoms with E-state index < -0.39 is 5.60 Å². The summed E-state index contributed by atoms with van der Waals surface area (Å²) in [7, 11) is 0. The van der Waals surface area contributed by atoms with Gasteiger partial charge in [-0.15, -0.1) is 0 Å². The summed E-state index contributed by atoms with van der Waals surface area (Å²) in [5, 5.41) is 0. The third-order valence-corrected chi connectivity index (χ3v) is 3.63. The number of hydrogen-bond acceptors (Lipinski definition) is 4. The van der Waals surface area contributed by atoms with Gasteiger partial charge < -0.3 is 15.4 Å². The van der Waals surface area contributed by atoms with E-state index in [2.05, 4.69) is 4.90 Å². The Morgan fingerprint density at radius 3 is 2.56 bits per heavy atom. The second-order valence-corrected chi connectivity index (χ2v) is 6.31. The molecule has 2 atom stereocenters. The van der Waals surface area contributed by atoms with Crippen LogP contribution in [0.15, 0.2) is 0 Å². The fourth-order valence-electron chi connectivity index (χ4n) is 2.86. The number of nitrogens with two attached hydrogens (primary N) is 1. The molecule has 2 N–H and O–H groups in total. The summed E-state index contributed by atoms with van der Waals surface area (Å²) in [6.07, 6.45) is 1.97. The van der Waals surface area contributed by atoms with Crippen LogP contribution < -0.4 is 5.73 Å². The predicted octanol–water partition coefficient (Wildman–Crippen LogP) is 1.03. The summed E-state index contributed by atoms with van der Waals surface area (Å²) in [4.78, 5) is 16.4. The Morgan fingerprint density at radius 1 is 1.33 bits per heavy atom. The minimum atomic E-state index is -0.405. The average Bonchev–Trinajstić information content (AvgIpc) is 2.82. The normalized spacial score (nSPS) is 27.9. The zero-order valence-electron chi connectivity index (χ0n) is 11.7. The van der Waals surface area contributed by atoms with Gasteiger partial charge in [0, 0.05) is 25.2 Å². The van der Waals surface area contributed by atoms with E-state index in [0.717, 1.165) is 39.0 Å². The fraction of sp³-hybridized carbons (Fsp3) is 0.923. The van der Waals surface area contributed by atoms with Crippen LogP contribution in [0, 0.1) is 0 Å². The second-order valence-electron chi connectivity index (χ2n) is 6.31. The number of rotatable bonds is 3. The Balaban J connectivity index is 1.85. The lowest BCUT2D eigenvalue weighted by atomic mass is 10.2. The topological polar surface area (TPSA) is 58.8 Å². The van der Waals surface area contributed by atoms with E-state index in [0.29, 0.717) is 12.1 Å². The van der Waals surface area contributed by atoms with Gasteiger partial charge in [0.2, 0.25) is 0 Å². The highest BCUT2D eigenvalue weighted by Gasteiger charge is 2.45. The van der Waals surface area contributed by atoms with E-state index in [1.807, 2.05) is 25.7 Å². The Morgan fingerprint density at radius 2 is 2.06 bits per heavy atom. The van der Waals surface area contributed by atoms with Crippen molar-refractivity contribution in [2.45, 2.75) is 51.3 Å². The molecule has 0 aliphatic carbocycles. The van der Waals surface area contributed by atoms with Crippen molar-refractivity contribution in [3.05, 3.63) is 0 Å². The SMILES string of the molecule is CC(C)(C)OC(=O)N1CC2CC1CN2CCCN. The van der Waals surface area contributed by atoms with E-state index in [4.69, 9.17) is 10.5 Å². The molecule has 0 spiro atoms. The Hall–Kier alpha value is -0.810. The number of likely N-dealkylation sites (tertiary alicyclic amines) is 2. The van der Waals surface area contributed by atoms with Gasteiger partial charge in [0.25, 0.3) is 0 Å². The summed E-state index contributed by atoms with van der Waals surface area (Å²) >= 11 is 0. The van der Waals surface area contributed by atoms with Gasteiger partial charge in [0.15, 0.2) is 0 Å². The minimum Gasteiger partial charge on any atom is -0.444 e. The summed E-state index contributed by atoms with van der Waals surface area (Å²) < 4.78 is 5.44. The number of amides is 1. The molecule has 2 fully saturated rings. The number of fused-ring (bicyclic) bond motifs is 2. The first kappa shape index (κ1) is 13.6. The molecule has 2 aliphatic heterocycles. The molecule has 0 saturated carbocycles. The highest BCUT2D eigenvalue weighted by Crippen LogP contribution is 2.31. The maximum Gasteiger partial charge on any atom is 0.410 e. The first-order chi connectivity index (χ1) is 8.40. The van der Waals surface area contributed by atoms with Crippen molar-refractivity contribution in [1.29, 1.82) is 0 Å². The van der Waals surface area contributed by atoms with Gasteiger partial charge in [-0.2, -0.15) is 0 Å². The highest BCUT2D eigenvalue weighted by atomic mass is 16.6. The van der Waals surface area contributed by atoms with Crippen molar-refractivity contribution in [2.24, 2.45) is 5.73 Å². The number of carbonyl (C=O) groups excluding carboxylic acids is 1. The van der Waals surface area contributed by atoms with Crippen LogP contribution in [0.5, 0.6) is 0 Å². The first-order valence-corrected chi connectivity index (χ1v) is 6.84. The molecule has 2 rings (SSSR count). The van der Waals surface area contributed by atoms with Crippen molar-refractivity contribution in [3.63, 3.8) is 0 Å². The molecule has 2 bridgehead atoms. The molecule has 1 amide bonds. The van der Waals surface area contributed by atoms with Crippen LogP contribution >= 0.6 is 0 Å². The van der Waals surface area contributed by atoms with Gasteiger partial charge in [-0.1, -0.05) is 0 Å². The zero-order chi connectivity index (χ0) is 13.3. The maximum absolute atomic E-state index is 12.0. The van der Waals surface area contributed by atoms with Gasteiger partial charge in [-0.3, -0.25) is 4.90 Å².